The van der Waals surface area contributed by atoms with E-state index in [0.29, 0.717) is 0 Å². The lowest BCUT2D eigenvalue weighted by molar-refractivity contribution is 0.326. The van der Waals surface area contributed by atoms with E-state index < -0.39 is 0 Å². The van der Waals surface area contributed by atoms with Crippen LogP contribution < -0.4 is 5.32 Å². The maximum atomic E-state index is 3.80. The maximum absolute atomic E-state index is 3.80. The first-order valence-electron chi connectivity index (χ1n) is 8.75. The highest BCUT2D eigenvalue weighted by molar-refractivity contribution is 4.69. The van der Waals surface area contributed by atoms with Gasteiger partial charge in [-0.3, -0.25) is 0 Å². The minimum atomic E-state index is 0.782. The van der Waals surface area contributed by atoms with Crippen molar-refractivity contribution in [1.29, 1.82) is 0 Å². The summed E-state index contributed by atoms with van der Waals surface area (Å²) in [6.45, 7) is 5.74. The second-order valence-electron chi connectivity index (χ2n) is 6.31. The van der Waals surface area contributed by atoms with Crippen LogP contribution in [0.3, 0.4) is 0 Å². The molecule has 0 atom stereocenters. The first-order valence-corrected chi connectivity index (χ1v) is 8.75. The van der Waals surface area contributed by atoms with Crippen LogP contribution in [0.2, 0.25) is 0 Å². The summed E-state index contributed by atoms with van der Waals surface area (Å²) in [6.07, 6.45) is 15.9. The average Bonchev–Trinajstić information content (AvgIpc) is 2.41. The largest absolute Gasteiger partial charge is 0.313 e. The third kappa shape index (κ3) is 9.45. The van der Waals surface area contributed by atoms with Gasteiger partial charge < -0.3 is 10.2 Å². The SMILES string of the molecule is CCN(C)CCNC1CCCCCCCCCCC1. The molecule has 0 aromatic heterocycles. The van der Waals surface area contributed by atoms with Crippen LogP contribution in [0.15, 0.2) is 0 Å². The predicted molar refractivity (Wildman–Crippen MR) is 85.7 cm³/mol. The van der Waals surface area contributed by atoms with Crippen molar-refractivity contribution in [2.24, 2.45) is 0 Å². The summed E-state index contributed by atoms with van der Waals surface area (Å²) in [6, 6.07) is 0.782. The topological polar surface area (TPSA) is 15.3 Å². The number of nitrogens with one attached hydrogen (secondary N) is 1. The van der Waals surface area contributed by atoms with E-state index in [2.05, 4.69) is 24.2 Å². The van der Waals surface area contributed by atoms with Gasteiger partial charge in [-0.15, -0.1) is 0 Å². The smallest absolute Gasteiger partial charge is 0.0104 e. The van der Waals surface area contributed by atoms with E-state index in [0.717, 1.165) is 19.1 Å². The lowest BCUT2D eigenvalue weighted by Gasteiger charge is -2.21. The molecule has 1 aliphatic rings. The van der Waals surface area contributed by atoms with Crippen molar-refractivity contribution in [3.63, 3.8) is 0 Å². The zero-order valence-electron chi connectivity index (χ0n) is 13.4. The first kappa shape index (κ1) is 17.0. The summed E-state index contributed by atoms with van der Waals surface area (Å²) in [4.78, 5) is 2.39. The molecular formula is C17H36N2. The van der Waals surface area contributed by atoms with Crippen LogP contribution in [0.4, 0.5) is 0 Å². The van der Waals surface area contributed by atoms with Crippen LogP contribution in [0.1, 0.15) is 77.6 Å². The van der Waals surface area contributed by atoms with Crippen LogP contribution in [0.5, 0.6) is 0 Å². The summed E-state index contributed by atoms with van der Waals surface area (Å²) in [7, 11) is 2.21. The van der Waals surface area contributed by atoms with Crippen LogP contribution in [-0.4, -0.2) is 37.6 Å². The van der Waals surface area contributed by atoms with Crippen molar-refractivity contribution < 1.29 is 0 Å². The van der Waals surface area contributed by atoms with E-state index in [-0.39, 0.29) is 0 Å². The highest BCUT2D eigenvalue weighted by Gasteiger charge is 2.08. The Morgan fingerprint density at radius 3 is 1.79 bits per heavy atom. The lowest BCUT2D eigenvalue weighted by Crippen LogP contribution is -2.35. The van der Waals surface area contributed by atoms with E-state index in [4.69, 9.17) is 0 Å². The molecule has 2 heteroatoms. The Kier molecular flexibility index (Phi) is 10.5. The van der Waals surface area contributed by atoms with Crippen LogP contribution >= 0.6 is 0 Å². The number of likely N-dealkylation sites (N-methyl/N-ethyl adjacent to an activating group) is 1. The van der Waals surface area contributed by atoms with Crippen LogP contribution in [0.25, 0.3) is 0 Å². The number of nitrogens with zero attached hydrogens (tertiary/aromatic N) is 1. The number of rotatable bonds is 5. The second kappa shape index (κ2) is 11.7. The molecule has 0 aromatic rings. The molecule has 0 bridgehead atoms. The molecule has 1 rings (SSSR count). The van der Waals surface area contributed by atoms with Crippen molar-refractivity contribution in [2.75, 3.05) is 26.7 Å². The monoisotopic (exact) mass is 268 g/mol. The summed E-state index contributed by atoms with van der Waals surface area (Å²) in [5.41, 5.74) is 0. The fraction of sp³-hybridized carbons (Fsp3) is 1.00. The Balaban J connectivity index is 2.18. The molecule has 0 unspecified atom stereocenters. The van der Waals surface area contributed by atoms with Gasteiger partial charge in [-0.1, -0.05) is 64.7 Å². The second-order valence-corrected chi connectivity index (χ2v) is 6.31. The molecule has 0 radical (unpaired) electrons. The first-order chi connectivity index (χ1) is 9.33. The lowest BCUT2D eigenvalue weighted by atomic mass is 9.98. The number of hydrogen-bond donors (Lipinski definition) is 1. The Bertz CT molecular complexity index is 182. The van der Waals surface area contributed by atoms with Crippen molar-refractivity contribution in [2.45, 2.75) is 83.6 Å². The zero-order chi connectivity index (χ0) is 13.8. The van der Waals surface area contributed by atoms with Crippen LogP contribution in [-0.2, 0) is 0 Å². The van der Waals surface area contributed by atoms with Gasteiger partial charge in [-0.2, -0.15) is 0 Å². The Labute approximate surface area is 121 Å². The molecule has 0 saturated heterocycles. The van der Waals surface area contributed by atoms with Gasteiger partial charge in [0.1, 0.15) is 0 Å². The summed E-state index contributed by atoms with van der Waals surface area (Å²) in [5, 5.41) is 3.80. The van der Waals surface area contributed by atoms with Gasteiger partial charge in [-0.05, 0) is 26.4 Å². The Morgan fingerprint density at radius 2 is 1.32 bits per heavy atom. The molecule has 1 saturated carbocycles. The van der Waals surface area contributed by atoms with E-state index in [1.807, 2.05) is 0 Å². The highest BCUT2D eigenvalue weighted by Crippen LogP contribution is 2.16. The maximum Gasteiger partial charge on any atom is 0.0104 e. The molecule has 1 aliphatic carbocycles. The molecule has 19 heavy (non-hydrogen) atoms. The van der Waals surface area contributed by atoms with Crippen molar-refractivity contribution in [3.8, 4) is 0 Å². The minimum Gasteiger partial charge on any atom is -0.313 e. The predicted octanol–water partition coefficient (Wildman–Crippen LogP) is 4.20. The molecule has 0 aliphatic heterocycles. The normalized spacial score (nSPS) is 21.0. The summed E-state index contributed by atoms with van der Waals surface area (Å²) >= 11 is 0. The van der Waals surface area contributed by atoms with Gasteiger partial charge in [0, 0.05) is 19.1 Å². The fourth-order valence-corrected chi connectivity index (χ4v) is 2.99. The van der Waals surface area contributed by atoms with Gasteiger partial charge in [0.05, 0.1) is 0 Å². The molecule has 0 spiro atoms. The molecule has 114 valence electrons. The van der Waals surface area contributed by atoms with E-state index in [9.17, 15) is 0 Å². The minimum absolute atomic E-state index is 0.782. The van der Waals surface area contributed by atoms with Crippen molar-refractivity contribution in [1.82, 2.24) is 10.2 Å². The van der Waals surface area contributed by atoms with Crippen molar-refractivity contribution >= 4 is 0 Å². The summed E-state index contributed by atoms with van der Waals surface area (Å²) < 4.78 is 0. The van der Waals surface area contributed by atoms with Crippen molar-refractivity contribution in [3.05, 3.63) is 0 Å². The van der Waals surface area contributed by atoms with Gasteiger partial charge >= 0.3 is 0 Å². The van der Waals surface area contributed by atoms with Gasteiger partial charge in [0.15, 0.2) is 0 Å². The Hall–Kier alpha value is -0.0800. The molecule has 2 nitrogen and oxygen atoms in total. The zero-order valence-corrected chi connectivity index (χ0v) is 13.4. The molecule has 0 aromatic carbocycles. The van der Waals surface area contributed by atoms with E-state index in [1.54, 1.807) is 0 Å². The quantitative estimate of drug-likeness (QED) is 0.804. The van der Waals surface area contributed by atoms with Crippen LogP contribution in [0, 0.1) is 0 Å². The highest BCUT2D eigenvalue weighted by atomic mass is 15.1. The average molecular weight is 268 g/mol. The third-order valence-electron chi connectivity index (χ3n) is 4.57. The molecule has 1 fully saturated rings. The standard InChI is InChI=1S/C17H36N2/c1-3-19(2)16-15-18-17-13-11-9-7-5-4-6-8-10-12-14-17/h17-18H,3-16H2,1-2H3. The van der Waals surface area contributed by atoms with Gasteiger partial charge in [0.25, 0.3) is 0 Å². The van der Waals surface area contributed by atoms with E-state index in [1.165, 1.54) is 77.2 Å². The third-order valence-corrected chi connectivity index (χ3v) is 4.57. The fourth-order valence-electron chi connectivity index (χ4n) is 2.99. The molecule has 0 amide bonds. The Morgan fingerprint density at radius 1 is 0.842 bits per heavy atom. The van der Waals surface area contributed by atoms with Gasteiger partial charge in [0.2, 0.25) is 0 Å². The molecular weight excluding hydrogens is 232 g/mol. The van der Waals surface area contributed by atoms with E-state index >= 15 is 0 Å². The number of hydrogen-bond acceptors (Lipinski definition) is 2. The van der Waals surface area contributed by atoms with Gasteiger partial charge in [-0.25, -0.2) is 0 Å². The summed E-state index contributed by atoms with van der Waals surface area (Å²) in [5.74, 6) is 0. The molecule has 1 N–H and O–H groups in total. The molecule has 0 heterocycles.